The average Bonchev–Trinajstić information content (AvgIpc) is 2.15. The van der Waals surface area contributed by atoms with E-state index in [2.05, 4.69) is 0 Å². The van der Waals surface area contributed by atoms with Crippen molar-refractivity contribution >= 4 is 11.6 Å². The quantitative estimate of drug-likeness (QED) is 0.796. The van der Waals surface area contributed by atoms with Crippen molar-refractivity contribution in [2.75, 3.05) is 0 Å². The van der Waals surface area contributed by atoms with E-state index in [0.717, 1.165) is 0 Å². The van der Waals surface area contributed by atoms with Crippen LogP contribution >= 0.6 is 0 Å². The van der Waals surface area contributed by atoms with E-state index >= 15 is 0 Å². The van der Waals surface area contributed by atoms with Crippen molar-refractivity contribution in [1.82, 2.24) is 0 Å². The lowest BCUT2D eigenvalue weighted by Gasteiger charge is -2.08. The summed E-state index contributed by atoms with van der Waals surface area (Å²) in [6.07, 6.45) is -1.54. The molecule has 0 amide bonds. The lowest BCUT2D eigenvalue weighted by molar-refractivity contribution is -0.127. The SMILES string of the molecule is C.CC(=O)[C@@H](O)C(C)C.CC(=O)[C@H](O)C(C)C. The monoisotopic (exact) mass is 248 g/mol. The second kappa shape index (κ2) is 10.4. The lowest BCUT2D eigenvalue weighted by Crippen LogP contribution is -2.22. The van der Waals surface area contributed by atoms with Gasteiger partial charge in [-0.2, -0.15) is 0 Å². The Labute approximate surface area is 105 Å². The van der Waals surface area contributed by atoms with Crippen LogP contribution in [0.4, 0.5) is 0 Å². The third kappa shape index (κ3) is 11.5. The van der Waals surface area contributed by atoms with Crippen molar-refractivity contribution in [3.05, 3.63) is 0 Å². The van der Waals surface area contributed by atoms with Crippen LogP contribution in [-0.2, 0) is 9.59 Å². The molecule has 0 radical (unpaired) electrons. The number of Topliss-reactive ketones (excluding diaryl/α,β-unsaturated/α-hetero) is 2. The van der Waals surface area contributed by atoms with Gasteiger partial charge >= 0.3 is 0 Å². The number of hydrogen-bond donors (Lipinski definition) is 2. The molecule has 0 aromatic rings. The van der Waals surface area contributed by atoms with Crippen LogP contribution in [-0.4, -0.2) is 34.0 Å². The maximum absolute atomic E-state index is 10.3. The zero-order chi connectivity index (χ0) is 13.5. The standard InChI is InChI=1S/2C6H12O2.CH4/c2*1-4(2)6(8)5(3)7;/h2*4,6,8H,1-3H3;1H4/t2*6-;/m10./s1. The molecule has 0 saturated heterocycles. The molecule has 17 heavy (non-hydrogen) atoms. The van der Waals surface area contributed by atoms with E-state index in [9.17, 15) is 9.59 Å². The van der Waals surface area contributed by atoms with Crippen molar-refractivity contribution in [1.29, 1.82) is 0 Å². The minimum atomic E-state index is -0.769. The van der Waals surface area contributed by atoms with Gasteiger partial charge in [-0.15, -0.1) is 0 Å². The van der Waals surface area contributed by atoms with Gasteiger partial charge in [0.2, 0.25) is 0 Å². The highest BCUT2D eigenvalue weighted by atomic mass is 16.3. The number of carbonyl (C=O) groups excluding carboxylic acids is 2. The molecule has 2 atom stereocenters. The summed E-state index contributed by atoms with van der Waals surface area (Å²) in [6.45, 7) is 10.0. The summed E-state index contributed by atoms with van der Waals surface area (Å²) in [7, 11) is 0. The van der Waals surface area contributed by atoms with Gasteiger partial charge in [-0.25, -0.2) is 0 Å². The number of hydrogen-bond acceptors (Lipinski definition) is 4. The molecule has 2 N–H and O–H groups in total. The summed E-state index contributed by atoms with van der Waals surface area (Å²) < 4.78 is 0. The van der Waals surface area contributed by atoms with Crippen molar-refractivity contribution < 1.29 is 19.8 Å². The van der Waals surface area contributed by atoms with Gasteiger partial charge in [0.25, 0.3) is 0 Å². The highest BCUT2D eigenvalue weighted by Gasteiger charge is 2.13. The summed E-state index contributed by atoms with van der Waals surface area (Å²) in [5.74, 6) is -0.208. The fourth-order valence-corrected chi connectivity index (χ4v) is 0.939. The highest BCUT2D eigenvalue weighted by molar-refractivity contribution is 5.80. The predicted molar refractivity (Wildman–Crippen MR) is 69.8 cm³/mol. The predicted octanol–water partition coefficient (Wildman–Crippen LogP) is 1.82. The van der Waals surface area contributed by atoms with E-state index in [1.165, 1.54) is 13.8 Å². The average molecular weight is 248 g/mol. The number of ketones is 2. The zero-order valence-corrected chi connectivity index (χ0v) is 11.0. The molecule has 0 bridgehead atoms. The molecule has 0 aliphatic heterocycles. The van der Waals surface area contributed by atoms with Crippen LogP contribution in [0.5, 0.6) is 0 Å². The molecule has 4 nitrogen and oxygen atoms in total. The Kier molecular flexibility index (Phi) is 13.2. The van der Waals surface area contributed by atoms with Crippen LogP contribution < -0.4 is 0 Å². The maximum Gasteiger partial charge on any atom is 0.158 e. The fourth-order valence-electron chi connectivity index (χ4n) is 0.939. The number of rotatable bonds is 4. The third-order valence-corrected chi connectivity index (χ3v) is 2.10. The number of aliphatic hydroxyl groups excluding tert-OH is 2. The van der Waals surface area contributed by atoms with Gasteiger partial charge in [-0.1, -0.05) is 35.1 Å². The molecule has 0 heterocycles. The van der Waals surface area contributed by atoms with Crippen LogP contribution in [0.25, 0.3) is 0 Å². The fraction of sp³-hybridized carbons (Fsp3) is 0.846. The molecule has 0 aromatic carbocycles. The number of carbonyl (C=O) groups is 2. The first-order valence-electron chi connectivity index (χ1n) is 5.48. The lowest BCUT2D eigenvalue weighted by atomic mass is 10.1. The largest absolute Gasteiger partial charge is 0.385 e. The van der Waals surface area contributed by atoms with Gasteiger partial charge in [0.1, 0.15) is 12.2 Å². The van der Waals surface area contributed by atoms with Gasteiger partial charge in [0, 0.05) is 0 Å². The van der Waals surface area contributed by atoms with Gasteiger partial charge in [-0.3, -0.25) is 9.59 Å². The van der Waals surface area contributed by atoms with Gasteiger partial charge < -0.3 is 10.2 Å². The van der Waals surface area contributed by atoms with E-state index in [4.69, 9.17) is 10.2 Å². The Bertz CT molecular complexity index is 197. The van der Waals surface area contributed by atoms with E-state index < -0.39 is 12.2 Å². The summed E-state index contributed by atoms with van der Waals surface area (Å²) in [5, 5.41) is 17.7. The van der Waals surface area contributed by atoms with Crippen molar-refractivity contribution in [2.24, 2.45) is 11.8 Å². The Morgan fingerprint density at radius 1 is 0.765 bits per heavy atom. The van der Waals surface area contributed by atoms with Crippen LogP contribution in [0, 0.1) is 11.8 Å². The van der Waals surface area contributed by atoms with Crippen LogP contribution in [0.3, 0.4) is 0 Å². The molecule has 0 aliphatic rings. The second-order valence-corrected chi connectivity index (χ2v) is 4.60. The molecule has 0 aromatic heterocycles. The smallest absolute Gasteiger partial charge is 0.158 e. The first-order valence-corrected chi connectivity index (χ1v) is 5.48. The van der Waals surface area contributed by atoms with Crippen LogP contribution in [0.2, 0.25) is 0 Å². The molecule has 0 aliphatic carbocycles. The van der Waals surface area contributed by atoms with Crippen LogP contribution in [0.15, 0.2) is 0 Å². The zero-order valence-electron chi connectivity index (χ0n) is 11.0. The molecule has 4 heteroatoms. The first kappa shape index (κ1) is 21.5. The molecular weight excluding hydrogens is 220 g/mol. The minimum Gasteiger partial charge on any atom is -0.385 e. The topological polar surface area (TPSA) is 74.6 Å². The van der Waals surface area contributed by atoms with Gasteiger partial charge in [0.15, 0.2) is 11.6 Å². The third-order valence-electron chi connectivity index (χ3n) is 2.10. The van der Waals surface area contributed by atoms with Gasteiger partial charge in [-0.05, 0) is 25.7 Å². The molecule has 0 saturated carbocycles. The molecule has 0 spiro atoms. The Morgan fingerprint density at radius 2 is 0.941 bits per heavy atom. The molecule has 0 rings (SSSR count). The van der Waals surface area contributed by atoms with E-state index in [-0.39, 0.29) is 30.8 Å². The first-order chi connectivity index (χ1) is 7.11. The normalized spacial score (nSPS) is 13.3. The van der Waals surface area contributed by atoms with Crippen molar-refractivity contribution in [2.45, 2.75) is 61.2 Å². The van der Waals surface area contributed by atoms with Crippen LogP contribution in [0.1, 0.15) is 49.0 Å². The second-order valence-electron chi connectivity index (χ2n) is 4.60. The summed E-state index contributed by atoms with van der Waals surface area (Å²) in [4.78, 5) is 20.7. The molecule has 104 valence electrons. The Morgan fingerprint density at radius 3 is 0.941 bits per heavy atom. The number of aliphatic hydroxyl groups is 2. The van der Waals surface area contributed by atoms with E-state index in [0.29, 0.717) is 0 Å². The Balaban J connectivity index is -0.000000218. The Hall–Kier alpha value is -0.740. The van der Waals surface area contributed by atoms with Gasteiger partial charge in [0.05, 0.1) is 0 Å². The minimum absolute atomic E-state index is 0. The summed E-state index contributed by atoms with van der Waals surface area (Å²) in [6, 6.07) is 0. The maximum atomic E-state index is 10.3. The highest BCUT2D eigenvalue weighted by Crippen LogP contribution is 2.00. The summed E-state index contributed by atoms with van der Waals surface area (Å²) in [5.41, 5.74) is 0. The van der Waals surface area contributed by atoms with E-state index in [1.54, 1.807) is 0 Å². The van der Waals surface area contributed by atoms with E-state index in [1.807, 2.05) is 27.7 Å². The molecule has 0 unspecified atom stereocenters. The molecular formula is C13H28O4. The van der Waals surface area contributed by atoms with Crippen molar-refractivity contribution in [3.63, 3.8) is 0 Å². The molecule has 0 fully saturated rings. The van der Waals surface area contributed by atoms with Crippen molar-refractivity contribution in [3.8, 4) is 0 Å². The summed E-state index contributed by atoms with van der Waals surface area (Å²) >= 11 is 0.